The lowest BCUT2D eigenvalue weighted by atomic mass is 9.82. The molecule has 0 radical (unpaired) electrons. The van der Waals surface area contributed by atoms with Crippen molar-refractivity contribution in [2.45, 2.75) is 37.6 Å². The second-order valence-corrected chi connectivity index (χ2v) is 7.15. The van der Waals surface area contributed by atoms with E-state index in [9.17, 15) is 22.4 Å². The summed E-state index contributed by atoms with van der Waals surface area (Å²) in [5.41, 5.74) is 1.05. The van der Waals surface area contributed by atoms with Crippen LogP contribution in [0, 0.1) is 5.82 Å². The number of hydrogen-bond acceptors (Lipinski definition) is 6. The van der Waals surface area contributed by atoms with Crippen LogP contribution in [-0.2, 0) is 4.74 Å². The summed E-state index contributed by atoms with van der Waals surface area (Å²) in [6.07, 6.45) is -2.34. The Morgan fingerprint density at radius 3 is 2.81 bits per heavy atom. The Morgan fingerprint density at radius 2 is 2.06 bits per heavy atom. The van der Waals surface area contributed by atoms with E-state index in [1.807, 2.05) is 0 Å². The summed E-state index contributed by atoms with van der Waals surface area (Å²) in [5.74, 6) is -0.779. The Hall–Kier alpha value is -3.28. The number of nitrogens with one attached hydrogen (secondary N) is 1. The Balaban J connectivity index is 1.25. The van der Waals surface area contributed by atoms with Crippen molar-refractivity contribution >= 4 is 17.1 Å². The van der Waals surface area contributed by atoms with Crippen LogP contribution in [-0.4, -0.2) is 44.5 Å². The van der Waals surface area contributed by atoms with Crippen molar-refractivity contribution < 1.29 is 31.5 Å². The van der Waals surface area contributed by atoms with Gasteiger partial charge in [-0.2, -0.15) is 0 Å². The van der Waals surface area contributed by atoms with Crippen molar-refractivity contribution in [3.05, 3.63) is 54.4 Å². The molecule has 0 spiro atoms. The molecule has 0 unspecified atom stereocenters. The largest absolute Gasteiger partial charge is 0.522 e. The van der Waals surface area contributed by atoms with E-state index in [0.29, 0.717) is 17.6 Å². The summed E-state index contributed by atoms with van der Waals surface area (Å²) in [7, 11) is 0. The maximum absolute atomic E-state index is 13.2. The fourth-order valence-corrected chi connectivity index (χ4v) is 3.19. The summed E-state index contributed by atoms with van der Waals surface area (Å²) < 4.78 is 60.6. The van der Waals surface area contributed by atoms with Crippen LogP contribution in [0.3, 0.4) is 0 Å². The molecule has 0 bridgehead atoms. The van der Waals surface area contributed by atoms with Gasteiger partial charge in [0.05, 0.1) is 6.10 Å². The number of aromatic nitrogens is 4. The number of alkyl halides is 3. The lowest BCUT2D eigenvalue weighted by Crippen LogP contribution is -2.34. The highest BCUT2D eigenvalue weighted by atomic mass is 19.4. The monoisotopic (exact) mass is 439 g/mol. The number of fused-ring (bicyclic) bond motifs is 1. The fraction of sp³-hybridized carbons (Fsp3) is 0.368. The van der Waals surface area contributed by atoms with Crippen LogP contribution in [0.15, 0.2) is 35.5 Å². The van der Waals surface area contributed by atoms with Gasteiger partial charge >= 0.3 is 6.36 Å². The van der Waals surface area contributed by atoms with Gasteiger partial charge in [-0.05, 0) is 31.4 Å². The summed E-state index contributed by atoms with van der Waals surface area (Å²) in [6, 6.07) is 2.71. The number of carbonyl (C=O) groups excluding carboxylic acids is 1. The van der Waals surface area contributed by atoms with Gasteiger partial charge in [0.2, 0.25) is 11.8 Å². The average Bonchev–Trinajstić information content (AvgIpc) is 3.30. The lowest BCUT2D eigenvalue weighted by molar-refractivity contribution is -0.352. The molecule has 164 valence electrons. The summed E-state index contributed by atoms with van der Waals surface area (Å²) in [6.45, 7) is 4.05. The third kappa shape index (κ3) is 4.90. The summed E-state index contributed by atoms with van der Waals surface area (Å²) in [4.78, 5) is 16.4. The maximum atomic E-state index is 13.2. The van der Waals surface area contributed by atoms with Crippen molar-refractivity contribution in [1.29, 1.82) is 0 Å². The van der Waals surface area contributed by atoms with E-state index in [1.54, 1.807) is 0 Å². The number of rotatable bonds is 7. The molecule has 1 aliphatic rings. The number of nitrogens with zero attached hydrogens (tertiary/aromatic N) is 4. The van der Waals surface area contributed by atoms with Crippen LogP contribution in [0.25, 0.3) is 11.2 Å². The molecule has 1 amide bonds. The molecule has 1 fully saturated rings. The zero-order valence-electron chi connectivity index (χ0n) is 16.0. The second kappa shape index (κ2) is 8.10. The van der Waals surface area contributed by atoms with Gasteiger partial charge in [-0.25, -0.2) is 9.37 Å². The number of imidazole rings is 1. The number of amides is 1. The van der Waals surface area contributed by atoms with Crippen LogP contribution in [0.4, 0.5) is 17.6 Å². The normalized spacial score (nSPS) is 18.7. The first-order valence-electron chi connectivity index (χ1n) is 9.36. The van der Waals surface area contributed by atoms with Crippen LogP contribution in [0.1, 0.15) is 47.5 Å². The quantitative estimate of drug-likeness (QED) is 0.567. The minimum atomic E-state index is -4.66. The molecule has 3 aromatic heterocycles. The topological polar surface area (TPSA) is 94.6 Å². The molecular formula is C19H17F4N5O3. The third-order valence-corrected chi connectivity index (χ3v) is 4.85. The molecule has 8 nitrogen and oxygen atoms in total. The first-order chi connectivity index (χ1) is 14.7. The lowest BCUT2D eigenvalue weighted by Gasteiger charge is -2.32. The summed E-state index contributed by atoms with van der Waals surface area (Å²) >= 11 is 0. The predicted molar refractivity (Wildman–Crippen MR) is 98.3 cm³/mol. The Labute approximate surface area is 172 Å². The minimum Gasteiger partial charge on any atom is -0.421 e. The molecule has 0 atom stereocenters. The SMILES string of the molecule is C=C(CCNC(=O)c1cn2cc(F)ccc2n1)c1nnc(C2CC(OC(F)(F)F)C2)o1. The van der Waals surface area contributed by atoms with Gasteiger partial charge in [-0.3, -0.25) is 9.53 Å². The number of pyridine rings is 1. The van der Waals surface area contributed by atoms with Crippen LogP contribution in [0.5, 0.6) is 0 Å². The van der Waals surface area contributed by atoms with Gasteiger partial charge in [-0.1, -0.05) is 6.58 Å². The summed E-state index contributed by atoms with van der Waals surface area (Å²) in [5, 5.41) is 10.4. The molecule has 0 aliphatic heterocycles. The zero-order chi connectivity index (χ0) is 22.2. The molecule has 31 heavy (non-hydrogen) atoms. The molecular weight excluding hydrogens is 422 g/mol. The fourth-order valence-electron chi connectivity index (χ4n) is 3.19. The molecule has 0 saturated heterocycles. The van der Waals surface area contributed by atoms with E-state index in [-0.39, 0.29) is 42.8 Å². The van der Waals surface area contributed by atoms with Crippen LogP contribution in [0.2, 0.25) is 0 Å². The molecule has 12 heteroatoms. The van der Waals surface area contributed by atoms with Crippen molar-refractivity contribution in [2.24, 2.45) is 0 Å². The van der Waals surface area contributed by atoms with Gasteiger partial charge in [0.15, 0.2) is 0 Å². The molecule has 1 aliphatic carbocycles. The van der Waals surface area contributed by atoms with Crippen molar-refractivity contribution in [2.75, 3.05) is 6.54 Å². The van der Waals surface area contributed by atoms with E-state index < -0.39 is 24.2 Å². The third-order valence-electron chi connectivity index (χ3n) is 4.85. The van der Waals surface area contributed by atoms with E-state index in [1.165, 1.54) is 28.9 Å². The number of halogens is 4. The molecule has 3 heterocycles. The average molecular weight is 439 g/mol. The molecule has 0 aromatic carbocycles. The number of hydrogen-bond donors (Lipinski definition) is 1. The minimum absolute atomic E-state index is 0.136. The molecule has 1 N–H and O–H groups in total. The molecule has 1 saturated carbocycles. The van der Waals surface area contributed by atoms with E-state index in [0.717, 1.165) is 0 Å². The van der Waals surface area contributed by atoms with E-state index >= 15 is 0 Å². The number of ether oxygens (including phenoxy) is 1. The van der Waals surface area contributed by atoms with Gasteiger partial charge in [0, 0.05) is 30.4 Å². The van der Waals surface area contributed by atoms with Crippen molar-refractivity contribution in [1.82, 2.24) is 24.9 Å². The predicted octanol–water partition coefficient (Wildman–Crippen LogP) is 3.47. The van der Waals surface area contributed by atoms with Gasteiger partial charge in [-0.15, -0.1) is 23.4 Å². The Bertz CT molecular complexity index is 1120. The first-order valence-corrected chi connectivity index (χ1v) is 9.36. The van der Waals surface area contributed by atoms with Crippen molar-refractivity contribution in [3.63, 3.8) is 0 Å². The molecule has 4 rings (SSSR count). The highest BCUT2D eigenvalue weighted by molar-refractivity contribution is 5.92. The maximum Gasteiger partial charge on any atom is 0.522 e. The first kappa shape index (κ1) is 21.0. The highest BCUT2D eigenvalue weighted by Gasteiger charge is 2.42. The smallest absolute Gasteiger partial charge is 0.421 e. The van der Waals surface area contributed by atoms with E-state index in [2.05, 4.69) is 31.8 Å². The Morgan fingerprint density at radius 1 is 1.29 bits per heavy atom. The van der Waals surface area contributed by atoms with E-state index in [4.69, 9.17) is 4.42 Å². The van der Waals surface area contributed by atoms with Gasteiger partial charge < -0.3 is 14.1 Å². The van der Waals surface area contributed by atoms with Crippen LogP contribution >= 0.6 is 0 Å². The highest BCUT2D eigenvalue weighted by Crippen LogP contribution is 2.41. The van der Waals surface area contributed by atoms with Crippen molar-refractivity contribution in [3.8, 4) is 0 Å². The second-order valence-electron chi connectivity index (χ2n) is 7.15. The van der Waals surface area contributed by atoms with Gasteiger partial charge in [0.1, 0.15) is 17.2 Å². The number of carbonyl (C=O) groups is 1. The standard InChI is InChI=1S/C19H17F4N5O3/c1-10(17-26-27-18(30-17)11-6-13(7-11)31-19(21,22)23)4-5-24-16(29)14-9-28-8-12(20)2-3-15(28)25-14/h2-3,8-9,11,13H,1,4-7H2,(H,24,29). The van der Waals surface area contributed by atoms with Gasteiger partial charge in [0.25, 0.3) is 5.91 Å². The zero-order valence-corrected chi connectivity index (χ0v) is 16.0. The molecule has 3 aromatic rings. The van der Waals surface area contributed by atoms with Crippen LogP contribution < -0.4 is 5.32 Å². The Kier molecular flexibility index (Phi) is 5.48.